The smallest absolute Gasteiger partial charge is 0.119 e. The lowest BCUT2D eigenvalue weighted by Gasteiger charge is -2.26. The number of methoxy groups -OCH3 is 1. The molecule has 0 aliphatic carbocycles. The Morgan fingerprint density at radius 1 is 1.24 bits per heavy atom. The first-order valence-corrected chi connectivity index (χ1v) is 6.02. The molecular formula is C14H23NO2. The van der Waals surface area contributed by atoms with E-state index in [0.717, 1.165) is 17.7 Å². The first kappa shape index (κ1) is 14.0. The molecule has 1 unspecified atom stereocenters. The van der Waals surface area contributed by atoms with Gasteiger partial charge in [-0.2, -0.15) is 0 Å². The van der Waals surface area contributed by atoms with E-state index in [1.54, 1.807) is 7.11 Å². The highest BCUT2D eigenvalue weighted by atomic mass is 16.5. The molecular weight excluding hydrogens is 214 g/mol. The predicted octanol–water partition coefficient (Wildman–Crippen LogP) is 2.90. The summed E-state index contributed by atoms with van der Waals surface area (Å²) in [6.45, 7) is 6.74. The van der Waals surface area contributed by atoms with Crippen molar-refractivity contribution in [1.29, 1.82) is 0 Å². The molecule has 0 saturated carbocycles. The molecule has 0 aliphatic heterocycles. The first-order chi connectivity index (χ1) is 7.98. The summed E-state index contributed by atoms with van der Waals surface area (Å²) in [5, 5.41) is 0. The van der Waals surface area contributed by atoms with Gasteiger partial charge in [-0.25, -0.2) is 0 Å². The highest BCUT2D eigenvalue weighted by Crippen LogP contribution is 2.25. The van der Waals surface area contributed by atoms with Gasteiger partial charge in [-0.15, -0.1) is 0 Å². The Kier molecular flexibility index (Phi) is 4.97. The maximum absolute atomic E-state index is 6.16. The topological polar surface area (TPSA) is 44.5 Å². The van der Waals surface area contributed by atoms with E-state index >= 15 is 0 Å². The van der Waals surface area contributed by atoms with Crippen LogP contribution in [0.1, 0.15) is 38.8 Å². The van der Waals surface area contributed by atoms with E-state index < -0.39 is 0 Å². The summed E-state index contributed by atoms with van der Waals surface area (Å²) < 4.78 is 10.8. The average molecular weight is 237 g/mol. The molecule has 1 rings (SSSR count). The maximum atomic E-state index is 6.16. The second-order valence-corrected chi connectivity index (χ2v) is 4.78. The lowest BCUT2D eigenvalue weighted by Crippen LogP contribution is -2.28. The standard InChI is InChI=1S/C14H23NO2/c1-5-17-12-8-6-11(7-9-12)13(15)10-14(2,3)16-4/h6-9,13H,5,10,15H2,1-4H3. The van der Waals surface area contributed by atoms with E-state index in [-0.39, 0.29) is 11.6 Å². The zero-order chi connectivity index (χ0) is 12.9. The van der Waals surface area contributed by atoms with E-state index in [1.165, 1.54) is 0 Å². The lowest BCUT2D eigenvalue weighted by molar-refractivity contribution is 0.00995. The van der Waals surface area contributed by atoms with Gasteiger partial charge in [-0.1, -0.05) is 12.1 Å². The van der Waals surface area contributed by atoms with Crippen LogP contribution in [-0.2, 0) is 4.74 Å². The largest absolute Gasteiger partial charge is 0.494 e. The summed E-state index contributed by atoms with van der Waals surface area (Å²) in [4.78, 5) is 0. The van der Waals surface area contributed by atoms with Gasteiger partial charge in [-0.3, -0.25) is 0 Å². The first-order valence-electron chi connectivity index (χ1n) is 6.02. The Hall–Kier alpha value is -1.06. The molecule has 1 atom stereocenters. The third-order valence-electron chi connectivity index (χ3n) is 2.88. The van der Waals surface area contributed by atoms with Crippen molar-refractivity contribution in [3.8, 4) is 5.75 Å². The number of hydrogen-bond donors (Lipinski definition) is 1. The van der Waals surface area contributed by atoms with E-state index in [9.17, 15) is 0 Å². The van der Waals surface area contributed by atoms with Crippen molar-refractivity contribution in [1.82, 2.24) is 0 Å². The second kappa shape index (κ2) is 6.03. The van der Waals surface area contributed by atoms with Crippen LogP contribution < -0.4 is 10.5 Å². The van der Waals surface area contributed by atoms with Gasteiger partial charge in [0.1, 0.15) is 5.75 Å². The van der Waals surface area contributed by atoms with Crippen molar-refractivity contribution < 1.29 is 9.47 Å². The molecule has 0 radical (unpaired) electrons. The molecule has 1 aromatic rings. The number of ether oxygens (including phenoxy) is 2. The Balaban J connectivity index is 2.66. The number of benzene rings is 1. The molecule has 0 bridgehead atoms. The third kappa shape index (κ3) is 4.36. The minimum Gasteiger partial charge on any atom is -0.494 e. The van der Waals surface area contributed by atoms with Crippen molar-refractivity contribution in [3.63, 3.8) is 0 Å². The van der Waals surface area contributed by atoms with Crippen molar-refractivity contribution in [3.05, 3.63) is 29.8 Å². The molecule has 0 fully saturated rings. The van der Waals surface area contributed by atoms with Crippen LogP contribution in [0.3, 0.4) is 0 Å². The zero-order valence-electron chi connectivity index (χ0n) is 11.2. The van der Waals surface area contributed by atoms with Crippen LogP contribution in [0, 0.1) is 0 Å². The van der Waals surface area contributed by atoms with Crippen LogP contribution >= 0.6 is 0 Å². The van der Waals surface area contributed by atoms with Gasteiger partial charge in [-0.05, 0) is 44.9 Å². The summed E-state index contributed by atoms with van der Waals surface area (Å²) >= 11 is 0. The number of rotatable bonds is 6. The fourth-order valence-electron chi connectivity index (χ4n) is 1.71. The van der Waals surface area contributed by atoms with Crippen LogP contribution in [0.2, 0.25) is 0 Å². The SMILES string of the molecule is CCOc1ccc(C(N)CC(C)(C)OC)cc1. The minimum atomic E-state index is -0.196. The summed E-state index contributed by atoms with van der Waals surface area (Å²) in [5.74, 6) is 0.884. The van der Waals surface area contributed by atoms with Crippen LogP contribution in [0.4, 0.5) is 0 Å². The van der Waals surface area contributed by atoms with E-state index in [4.69, 9.17) is 15.2 Å². The van der Waals surface area contributed by atoms with Gasteiger partial charge in [0.15, 0.2) is 0 Å². The molecule has 0 aliphatic rings. The zero-order valence-corrected chi connectivity index (χ0v) is 11.2. The highest BCUT2D eigenvalue weighted by molar-refractivity contribution is 5.29. The molecule has 0 aromatic heterocycles. The molecule has 0 saturated heterocycles. The Morgan fingerprint density at radius 3 is 2.29 bits per heavy atom. The molecule has 1 aromatic carbocycles. The maximum Gasteiger partial charge on any atom is 0.119 e. The predicted molar refractivity (Wildman–Crippen MR) is 70.2 cm³/mol. The van der Waals surface area contributed by atoms with Gasteiger partial charge in [0.05, 0.1) is 12.2 Å². The summed E-state index contributed by atoms with van der Waals surface area (Å²) in [6.07, 6.45) is 0.789. The molecule has 96 valence electrons. The minimum absolute atomic E-state index is 0.0133. The van der Waals surface area contributed by atoms with E-state index in [0.29, 0.717) is 6.61 Å². The summed E-state index contributed by atoms with van der Waals surface area (Å²) in [6, 6.07) is 7.93. The average Bonchev–Trinajstić information content (AvgIpc) is 2.30. The summed E-state index contributed by atoms with van der Waals surface area (Å²) in [5.41, 5.74) is 7.07. The molecule has 0 heterocycles. The number of hydrogen-bond acceptors (Lipinski definition) is 3. The normalized spacial score (nSPS) is 13.5. The van der Waals surface area contributed by atoms with Crippen LogP contribution in [0.5, 0.6) is 5.75 Å². The molecule has 0 spiro atoms. The quantitative estimate of drug-likeness (QED) is 0.827. The van der Waals surface area contributed by atoms with Crippen LogP contribution in [-0.4, -0.2) is 19.3 Å². The van der Waals surface area contributed by atoms with E-state index in [1.807, 2.05) is 45.0 Å². The Labute approximate surface area is 104 Å². The fraction of sp³-hybridized carbons (Fsp3) is 0.571. The molecule has 3 nitrogen and oxygen atoms in total. The van der Waals surface area contributed by atoms with Gasteiger partial charge >= 0.3 is 0 Å². The van der Waals surface area contributed by atoms with E-state index in [2.05, 4.69) is 0 Å². The van der Waals surface area contributed by atoms with Gasteiger partial charge in [0.25, 0.3) is 0 Å². The van der Waals surface area contributed by atoms with Crippen molar-refractivity contribution in [2.45, 2.75) is 38.8 Å². The van der Waals surface area contributed by atoms with Crippen molar-refractivity contribution in [2.75, 3.05) is 13.7 Å². The summed E-state index contributed by atoms with van der Waals surface area (Å²) in [7, 11) is 1.71. The third-order valence-corrected chi connectivity index (χ3v) is 2.88. The fourth-order valence-corrected chi connectivity index (χ4v) is 1.71. The van der Waals surface area contributed by atoms with Crippen LogP contribution in [0.15, 0.2) is 24.3 Å². The van der Waals surface area contributed by atoms with Gasteiger partial charge in [0, 0.05) is 13.2 Å². The Morgan fingerprint density at radius 2 is 1.82 bits per heavy atom. The Bertz CT molecular complexity index is 333. The van der Waals surface area contributed by atoms with Crippen molar-refractivity contribution >= 4 is 0 Å². The molecule has 0 amide bonds. The number of nitrogens with two attached hydrogens (primary N) is 1. The van der Waals surface area contributed by atoms with Crippen molar-refractivity contribution in [2.24, 2.45) is 5.73 Å². The highest BCUT2D eigenvalue weighted by Gasteiger charge is 2.21. The monoisotopic (exact) mass is 237 g/mol. The molecule has 17 heavy (non-hydrogen) atoms. The lowest BCUT2D eigenvalue weighted by atomic mass is 9.94. The van der Waals surface area contributed by atoms with Gasteiger partial charge < -0.3 is 15.2 Å². The van der Waals surface area contributed by atoms with Crippen LogP contribution in [0.25, 0.3) is 0 Å². The van der Waals surface area contributed by atoms with Gasteiger partial charge in [0.2, 0.25) is 0 Å². The second-order valence-electron chi connectivity index (χ2n) is 4.78. The molecule has 3 heteroatoms. The molecule has 2 N–H and O–H groups in total.